The van der Waals surface area contributed by atoms with E-state index in [9.17, 15) is 9.59 Å². The fourth-order valence-electron chi connectivity index (χ4n) is 3.24. The van der Waals surface area contributed by atoms with Crippen molar-refractivity contribution in [3.8, 4) is 5.69 Å². The number of methoxy groups -OCH3 is 1. The fourth-order valence-corrected chi connectivity index (χ4v) is 3.24. The van der Waals surface area contributed by atoms with Crippen LogP contribution in [0.15, 0.2) is 41.2 Å². The highest BCUT2D eigenvalue weighted by Crippen LogP contribution is 2.27. The van der Waals surface area contributed by atoms with Crippen LogP contribution in [-0.4, -0.2) is 36.3 Å². The molecule has 0 atom stereocenters. The number of nitrogens with two attached hydrogens (primary N) is 1. The second-order valence-electron chi connectivity index (χ2n) is 6.67. The first-order valence-corrected chi connectivity index (χ1v) is 8.68. The van der Waals surface area contributed by atoms with Crippen molar-refractivity contribution in [2.45, 2.75) is 12.8 Å². The zero-order chi connectivity index (χ0) is 19.7. The highest BCUT2D eigenvalue weighted by atomic mass is 16.5. The number of carbonyl (C=O) groups is 1. The summed E-state index contributed by atoms with van der Waals surface area (Å²) >= 11 is 0. The summed E-state index contributed by atoms with van der Waals surface area (Å²) in [7, 11) is 7.02. The molecule has 0 radical (unpaired) electrons. The van der Waals surface area contributed by atoms with Crippen LogP contribution < -0.4 is 16.3 Å². The van der Waals surface area contributed by atoms with E-state index in [-0.39, 0.29) is 18.1 Å². The van der Waals surface area contributed by atoms with Crippen molar-refractivity contribution in [3.63, 3.8) is 0 Å². The minimum atomic E-state index is -0.315. The van der Waals surface area contributed by atoms with Crippen molar-refractivity contribution < 1.29 is 9.53 Å². The molecule has 1 heterocycles. The lowest BCUT2D eigenvalue weighted by Gasteiger charge is -2.14. The first kappa shape index (κ1) is 18.6. The van der Waals surface area contributed by atoms with Crippen LogP contribution in [0.25, 0.3) is 16.7 Å². The summed E-state index contributed by atoms with van der Waals surface area (Å²) in [5.41, 5.74) is 10.6. The maximum absolute atomic E-state index is 13.0. The lowest BCUT2D eigenvalue weighted by atomic mass is 10.0. The molecule has 0 aliphatic carbocycles. The normalized spacial score (nSPS) is 11.0. The largest absolute Gasteiger partial charge is 0.469 e. The lowest BCUT2D eigenvalue weighted by Crippen LogP contribution is -2.22. The first-order chi connectivity index (χ1) is 12.8. The Kier molecular flexibility index (Phi) is 4.94. The van der Waals surface area contributed by atoms with E-state index in [1.165, 1.54) is 7.11 Å². The molecule has 7 nitrogen and oxygen atoms in total. The average Bonchev–Trinajstić information content (AvgIpc) is 2.90. The van der Waals surface area contributed by atoms with E-state index in [0.29, 0.717) is 17.8 Å². The molecule has 142 valence electrons. The van der Waals surface area contributed by atoms with Crippen LogP contribution in [0.5, 0.6) is 0 Å². The van der Waals surface area contributed by atoms with Gasteiger partial charge in [-0.2, -0.15) is 0 Å². The minimum absolute atomic E-state index is 0.161. The average molecular weight is 368 g/mol. The van der Waals surface area contributed by atoms with Crippen LogP contribution in [0.4, 0.5) is 11.4 Å². The van der Waals surface area contributed by atoms with Crippen molar-refractivity contribution in [1.29, 1.82) is 0 Å². The number of fused-ring (bicyclic) bond motifs is 1. The maximum atomic E-state index is 13.0. The minimum Gasteiger partial charge on any atom is -0.469 e. The van der Waals surface area contributed by atoms with Crippen LogP contribution in [0, 0.1) is 0 Å². The smallest absolute Gasteiger partial charge is 0.333 e. The lowest BCUT2D eigenvalue weighted by molar-refractivity contribution is -0.140. The molecule has 0 fully saturated rings. The van der Waals surface area contributed by atoms with E-state index < -0.39 is 0 Å². The predicted octanol–water partition coefficient (Wildman–Crippen LogP) is 2.08. The molecular weight excluding hydrogens is 344 g/mol. The van der Waals surface area contributed by atoms with Crippen molar-refractivity contribution >= 4 is 28.4 Å². The van der Waals surface area contributed by atoms with E-state index in [4.69, 9.17) is 10.5 Å². The number of hydrogen-bond acceptors (Lipinski definition) is 5. The first-order valence-electron chi connectivity index (χ1n) is 8.68. The third-order valence-corrected chi connectivity index (χ3v) is 4.79. The molecule has 27 heavy (non-hydrogen) atoms. The van der Waals surface area contributed by atoms with Crippen LogP contribution in [0.1, 0.15) is 12.0 Å². The molecule has 0 aliphatic heterocycles. The molecule has 0 bridgehead atoms. The summed E-state index contributed by atoms with van der Waals surface area (Å²) in [6.07, 6.45) is 0.593. The number of nitrogen functional groups attached to an aromatic ring is 1. The number of rotatable bonds is 5. The molecule has 1 aromatic heterocycles. The second-order valence-corrected chi connectivity index (χ2v) is 6.67. The summed E-state index contributed by atoms with van der Waals surface area (Å²) in [6, 6.07) is 11.3. The van der Waals surface area contributed by atoms with E-state index in [1.807, 2.05) is 49.3 Å². The number of nitrogens with zero attached hydrogens (tertiary/aromatic N) is 3. The van der Waals surface area contributed by atoms with Crippen molar-refractivity contribution in [2.75, 3.05) is 31.8 Å². The van der Waals surface area contributed by atoms with Crippen molar-refractivity contribution in [3.05, 3.63) is 52.4 Å². The van der Waals surface area contributed by atoms with Gasteiger partial charge >= 0.3 is 11.7 Å². The van der Waals surface area contributed by atoms with Crippen LogP contribution >= 0.6 is 0 Å². The molecule has 0 amide bonds. The number of benzene rings is 2. The van der Waals surface area contributed by atoms with Gasteiger partial charge in [0, 0.05) is 38.9 Å². The van der Waals surface area contributed by atoms with Gasteiger partial charge in [-0.3, -0.25) is 13.9 Å². The van der Waals surface area contributed by atoms with Crippen LogP contribution in [0.2, 0.25) is 0 Å². The van der Waals surface area contributed by atoms with E-state index >= 15 is 0 Å². The Labute approximate surface area is 157 Å². The van der Waals surface area contributed by atoms with Crippen LogP contribution in [-0.2, 0) is 23.0 Å². The van der Waals surface area contributed by atoms with E-state index in [2.05, 4.69) is 0 Å². The maximum Gasteiger partial charge on any atom is 0.333 e. The summed E-state index contributed by atoms with van der Waals surface area (Å²) in [6.45, 7) is 0. The summed E-state index contributed by atoms with van der Waals surface area (Å²) < 4.78 is 8.01. The summed E-state index contributed by atoms with van der Waals surface area (Å²) in [5.74, 6) is -0.315. The molecular formula is C20H24N4O3. The zero-order valence-corrected chi connectivity index (χ0v) is 16.0. The number of carbonyl (C=O) groups excluding carboxylic acids is 1. The Morgan fingerprint density at radius 1 is 1.19 bits per heavy atom. The van der Waals surface area contributed by atoms with Gasteiger partial charge < -0.3 is 15.4 Å². The molecule has 7 heteroatoms. The standard InChI is InChI=1S/C20H24N4O3/c1-22(2)13-8-10-17-18(12-13)23(3)20(26)24(17)16-7-5-6-15(21)14(16)9-11-19(25)27-4/h5-8,10,12H,9,11,21H2,1-4H3. The van der Waals surface area contributed by atoms with Gasteiger partial charge in [0.25, 0.3) is 0 Å². The SMILES string of the molecule is COC(=O)CCc1c(N)cccc1-n1c(=O)n(C)c2cc(N(C)C)ccc21. The third-order valence-electron chi connectivity index (χ3n) is 4.79. The van der Waals surface area contributed by atoms with Gasteiger partial charge in [-0.25, -0.2) is 4.79 Å². The predicted molar refractivity (Wildman–Crippen MR) is 108 cm³/mol. The van der Waals surface area contributed by atoms with Crippen molar-refractivity contribution in [2.24, 2.45) is 7.05 Å². The molecule has 2 aromatic carbocycles. The fraction of sp³-hybridized carbons (Fsp3) is 0.300. The van der Waals surface area contributed by atoms with Gasteiger partial charge in [-0.1, -0.05) is 6.07 Å². The Hall–Kier alpha value is -3.22. The molecule has 0 saturated heterocycles. The molecule has 0 aliphatic rings. The number of aryl methyl sites for hydroxylation is 1. The molecule has 3 rings (SSSR count). The Morgan fingerprint density at radius 2 is 1.93 bits per heavy atom. The third kappa shape index (κ3) is 3.28. The van der Waals surface area contributed by atoms with E-state index in [0.717, 1.165) is 22.3 Å². The van der Waals surface area contributed by atoms with Gasteiger partial charge in [-0.15, -0.1) is 0 Å². The van der Waals surface area contributed by atoms with Crippen LogP contribution in [0.3, 0.4) is 0 Å². The number of esters is 1. The van der Waals surface area contributed by atoms with Crippen molar-refractivity contribution in [1.82, 2.24) is 9.13 Å². The molecule has 0 unspecified atom stereocenters. The van der Waals surface area contributed by atoms with Gasteiger partial charge in [0.1, 0.15) is 0 Å². The highest BCUT2D eigenvalue weighted by molar-refractivity contribution is 5.83. The second kappa shape index (κ2) is 7.19. The molecule has 0 saturated carbocycles. The molecule has 3 aromatic rings. The Bertz CT molecular complexity index is 1060. The number of ether oxygens (including phenoxy) is 1. The topological polar surface area (TPSA) is 82.5 Å². The summed E-state index contributed by atoms with van der Waals surface area (Å²) in [5, 5.41) is 0. The monoisotopic (exact) mass is 368 g/mol. The zero-order valence-electron chi connectivity index (χ0n) is 16.0. The molecule has 0 spiro atoms. The number of imidazole rings is 1. The number of anilines is 2. The van der Waals surface area contributed by atoms with Gasteiger partial charge in [0.05, 0.1) is 23.8 Å². The number of aromatic nitrogens is 2. The quantitative estimate of drug-likeness (QED) is 0.551. The molecule has 2 N–H and O–H groups in total. The Balaban J connectivity index is 2.21. The number of hydrogen-bond donors (Lipinski definition) is 1. The van der Waals surface area contributed by atoms with Gasteiger partial charge in [-0.05, 0) is 42.3 Å². The Morgan fingerprint density at radius 3 is 2.59 bits per heavy atom. The highest BCUT2D eigenvalue weighted by Gasteiger charge is 2.18. The van der Waals surface area contributed by atoms with Gasteiger partial charge in [0.15, 0.2) is 0 Å². The van der Waals surface area contributed by atoms with E-state index in [1.54, 1.807) is 22.2 Å². The summed E-state index contributed by atoms with van der Waals surface area (Å²) in [4.78, 5) is 26.6. The van der Waals surface area contributed by atoms with Gasteiger partial charge in [0.2, 0.25) is 0 Å².